The van der Waals surface area contributed by atoms with E-state index in [1.165, 1.54) is 6.07 Å². The predicted octanol–water partition coefficient (Wildman–Crippen LogP) is 3.72. The molecule has 3 rings (SSSR count). The number of halogens is 1. The van der Waals surface area contributed by atoms with Crippen LogP contribution in [0.5, 0.6) is 0 Å². The van der Waals surface area contributed by atoms with Gasteiger partial charge in [0, 0.05) is 36.1 Å². The summed E-state index contributed by atoms with van der Waals surface area (Å²) in [6, 6.07) is 12.0. The second-order valence-electron chi connectivity index (χ2n) is 6.83. The van der Waals surface area contributed by atoms with Gasteiger partial charge in [0.05, 0.1) is 18.3 Å². The molecule has 1 aromatic carbocycles. The van der Waals surface area contributed by atoms with Crippen LogP contribution in [0.2, 0.25) is 0 Å². The molecule has 0 saturated heterocycles. The highest BCUT2D eigenvalue weighted by Gasteiger charge is 2.15. The lowest BCUT2D eigenvalue weighted by Crippen LogP contribution is -2.30. The van der Waals surface area contributed by atoms with Crippen molar-refractivity contribution in [2.45, 2.75) is 26.4 Å². The van der Waals surface area contributed by atoms with Crippen molar-refractivity contribution < 1.29 is 9.50 Å². The molecule has 0 radical (unpaired) electrons. The first-order valence-electron chi connectivity index (χ1n) is 9.21. The lowest BCUT2D eigenvalue weighted by Gasteiger charge is -2.20. The molecule has 0 saturated carbocycles. The maximum absolute atomic E-state index is 13.9. The third-order valence-electron chi connectivity index (χ3n) is 4.42. The SMILES string of the molecule is CC(C)[C@@H](CO)Nc1nc(NCc2ccccc2F)cc(-c2cccnc2)n1. The van der Waals surface area contributed by atoms with Gasteiger partial charge in [0.15, 0.2) is 0 Å². The van der Waals surface area contributed by atoms with Crippen LogP contribution >= 0.6 is 0 Å². The van der Waals surface area contributed by atoms with Crippen molar-refractivity contribution in [3.05, 3.63) is 66.2 Å². The predicted molar refractivity (Wildman–Crippen MR) is 108 cm³/mol. The van der Waals surface area contributed by atoms with Crippen LogP contribution < -0.4 is 10.6 Å². The lowest BCUT2D eigenvalue weighted by molar-refractivity contribution is 0.248. The van der Waals surface area contributed by atoms with E-state index in [9.17, 15) is 9.50 Å². The fraction of sp³-hybridized carbons (Fsp3) is 0.286. The molecule has 3 aromatic rings. The van der Waals surface area contributed by atoms with E-state index in [0.717, 1.165) is 5.56 Å². The van der Waals surface area contributed by atoms with Crippen molar-refractivity contribution in [3.8, 4) is 11.3 Å². The molecular weight excluding hydrogens is 357 g/mol. The third kappa shape index (κ3) is 5.01. The van der Waals surface area contributed by atoms with Gasteiger partial charge in [-0.3, -0.25) is 4.98 Å². The van der Waals surface area contributed by atoms with Gasteiger partial charge in [0.1, 0.15) is 11.6 Å². The Bertz CT molecular complexity index is 904. The van der Waals surface area contributed by atoms with E-state index in [4.69, 9.17) is 0 Å². The number of anilines is 2. The number of rotatable bonds is 8. The highest BCUT2D eigenvalue weighted by atomic mass is 19.1. The standard InChI is InChI=1S/C21H24FN5O/c1-14(2)19(13-28)26-21-25-18(16-7-5-9-23-11-16)10-20(27-21)24-12-15-6-3-4-8-17(15)22/h3-11,14,19,28H,12-13H2,1-2H3,(H2,24,25,26,27)/t19-/m1/s1. The molecule has 0 aliphatic rings. The van der Waals surface area contributed by atoms with Crippen molar-refractivity contribution >= 4 is 11.8 Å². The van der Waals surface area contributed by atoms with Crippen molar-refractivity contribution in [2.24, 2.45) is 5.92 Å². The second kappa shape index (κ2) is 9.23. The number of hydrogen-bond donors (Lipinski definition) is 3. The van der Waals surface area contributed by atoms with Crippen LogP contribution in [-0.4, -0.2) is 32.7 Å². The summed E-state index contributed by atoms with van der Waals surface area (Å²) in [6.45, 7) is 4.28. The Morgan fingerprint density at radius 3 is 2.61 bits per heavy atom. The van der Waals surface area contributed by atoms with Gasteiger partial charge in [-0.25, -0.2) is 9.37 Å². The van der Waals surface area contributed by atoms with E-state index >= 15 is 0 Å². The smallest absolute Gasteiger partial charge is 0.225 e. The van der Waals surface area contributed by atoms with Gasteiger partial charge in [0.2, 0.25) is 5.95 Å². The number of aliphatic hydroxyl groups is 1. The molecule has 0 spiro atoms. The summed E-state index contributed by atoms with van der Waals surface area (Å²) in [5.41, 5.74) is 2.07. The van der Waals surface area contributed by atoms with Crippen LogP contribution in [0.25, 0.3) is 11.3 Å². The minimum absolute atomic E-state index is 0.0316. The van der Waals surface area contributed by atoms with Crippen LogP contribution in [0.3, 0.4) is 0 Å². The Hall–Kier alpha value is -3.06. The molecule has 0 amide bonds. The maximum Gasteiger partial charge on any atom is 0.225 e. The number of nitrogens with zero attached hydrogens (tertiary/aromatic N) is 3. The Morgan fingerprint density at radius 2 is 1.93 bits per heavy atom. The normalized spacial score (nSPS) is 12.0. The van der Waals surface area contributed by atoms with Crippen molar-refractivity contribution in [1.82, 2.24) is 15.0 Å². The summed E-state index contributed by atoms with van der Waals surface area (Å²) in [5.74, 6) is 0.880. The summed E-state index contributed by atoms with van der Waals surface area (Å²) < 4.78 is 13.9. The first-order valence-corrected chi connectivity index (χ1v) is 9.21. The molecular formula is C21H24FN5O. The first-order chi connectivity index (χ1) is 13.6. The van der Waals surface area contributed by atoms with Gasteiger partial charge in [0.25, 0.3) is 0 Å². The van der Waals surface area contributed by atoms with E-state index in [0.29, 0.717) is 29.6 Å². The summed E-state index contributed by atoms with van der Waals surface area (Å²) in [5, 5.41) is 16.0. The first kappa shape index (κ1) is 19.7. The largest absolute Gasteiger partial charge is 0.394 e. The zero-order valence-electron chi connectivity index (χ0n) is 15.9. The van der Waals surface area contributed by atoms with E-state index in [-0.39, 0.29) is 24.4 Å². The fourth-order valence-corrected chi connectivity index (χ4v) is 2.68. The van der Waals surface area contributed by atoms with Crippen molar-refractivity contribution in [3.63, 3.8) is 0 Å². The average Bonchev–Trinajstić information content (AvgIpc) is 2.71. The Morgan fingerprint density at radius 1 is 1.11 bits per heavy atom. The summed E-state index contributed by atoms with van der Waals surface area (Å²) >= 11 is 0. The molecule has 7 heteroatoms. The molecule has 0 aliphatic heterocycles. The zero-order valence-corrected chi connectivity index (χ0v) is 15.9. The summed E-state index contributed by atoms with van der Waals surface area (Å²) in [7, 11) is 0. The molecule has 2 aromatic heterocycles. The van der Waals surface area contributed by atoms with Crippen molar-refractivity contribution in [2.75, 3.05) is 17.2 Å². The molecule has 1 atom stereocenters. The van der Waals surface area contributed by atoms with E-state index in [1.54, 1.807) is 36.7 Å². The molecule has 146 valence electrons. The summed E-state index contributed by atoms with van der Waals surface area (Å²) in [4.78, 5) is 13.2. The Balaban J connectivity index is 1.89. The van der Waals surface area contributed by atoms with Gasteiger partial charge in [-0.2, -0.15) is 4.98 Å². The topological polar surface area (TPSA) is 83.0 Å². The van der Waals surface area contributed by atoms with Gasteiger partial charge in [-0.1, -0.05) is 32.0 Å². The molecule has 3 N–H and O–H groups in total. The average molecular weight is 381 g/mol. The fourth-order valence-electron chi connectivity index (χ4n) is 2.68. The number of pyridine rings is 1. The van der Waals surface area contributed by atoms with E-state index in [2.05, 4.69) is 25.6 Å². The van der Waals surface area contributed by atoms with Gasteiger partial charge in [-0.05, 0) is 24.1 Å². The second-order valence-corrected chi connectivity index (χ2v) is 6.83. The molecule has 0 aliphatic carbocycles. The molecule has 0 fully saturated rings. The monoisotopic (exact) mass is 381 g/mol. The highest BCUT2D eigenvalue weighted by molar-refractivity contribution is 5.63. The van der Waals surface area contributed by atoms with E-state index < -0.39 is 0 Å². The van der Waals surface area contributed by atoms with Crippen LogP contribution in [0.4, 0.5) is 16.2 Å². The number of hydrogen-bond acceptors (Lipinski definition) is 6. The van der Waals surface area contributed by atoms with E-state index in [1.807, 2.05) is 26.0 Å². The minimum Gasteiger partial charge on any atom is -0.394 e. The Kier molecular flexibility index (Phi) is 6.49. The molecule has 6 nitrogen and oxygen atoms in total. The zero-order chi connectivity index (χ0) is 19.9. The number of nitrogens with one attached hydrogen (secondary N) is 2. The molecule has 2 heterocycles. The molecule has 28 heavy (non-hydrogen) atoms. The molecule has 0 unspecified atom stereocenters. The number of aromatic nitrogens is 3. The third-order valence-corrected chi connectivity index (χ3v) is 4.42. The van der Waals surface area contributed by atoms with Crippen LogP contribution in [0, 0.1) is 11.7 Å². The van der Waals surface area contributed by atoms with Crippen LogP contribution in [0.15, 0.2) is 54.9 Å². The maximum atomic E-state index is 13.9. The highest BCUT2D eigenvalue weighted by Crippen LogP contribution is 2.22. The number of benzene rings is 1. The van der Waals surface area contributed by atoms with Crippen LogP contribution in [-0.2, 0) is 6.54 Å². The summed E-state index contributed by atoms with van der Waals surface area (Å²) in [6.07, 6.45) is 3.42. The molecule has 0 bridgehead atoms. The minimum atomic E-state index is -0.268. The van der Waals surface area contributed by atoms with Gasteiger partial charge >= 0.3 is 0 Å². The Labute approximate surface area is 163 Å². The van der Waals surface area contributed by atoms with Gasteiger partial charge < -0.3 is 15.7 Å². The number of aliphatic hydroxyl groups excluding tert-OH is 1. The van der Waals surface area contributed by atoms with Crippen LogP contribution in [0.1, 0.15) is 19.4 Å². The van der Waals surface area contributed by atoms with Gasteiger partial charge in [-0.15, -0.1) is 0 Å². The quantitative estimate of drug-likeness (QED) is 0.552. The lowest BCUT2D eigenvalue weighted by atomic mass is 10.1. The van der Waals surface area contributed by atoms with Crippen molar-refractivity contribution in [1.29, 1.82) is 0 Å².